The SMILES string of the molecule is C=COCCC(=O)NC. The van der Waals surface area contributed by atoms with Crippen LogP contribution in [0.15, 0.2) is 12.8 Å². The summed E-state index contributed by atoms with van der Waals surface area (Å²) in [7, 11) is 1.59. The lowest BCUT2D eigenvalue weighted by molar-refractivity contribution is -0.121. The van der Waals surface area contributed by atoms with Crippen molar-refractivity contribution in [2.24, 2.45) is 0 Å². The first kappa shape index (κ1) is 8.01. The first-order valence-electron chi connectivity index (χ1n) is 2.74. The lowest BCUT2D eigenvalue weighted by Crippen LogP contribution is -2.18. The van der Waals surface area contributed by atoms with E-state index in [1.807, 2.05) is 0 Å². The fourth-order valence-corrected chi connectivity index (χ4v) is 0.360. The maximum absolute atomic E-state index is 10.5. The van der Waals surface area contributed by atoms with Gasteiger partial charge in [0.25, 0.3) is 0 Å². The number of carbonyl (C=O) groups excluding carboxylic acids is 1. The van der Waals surface area contributed by atoms with Gasteiger partial charge in [-0.25, -0.2) is 0 Å². The molecule has 0 spiro atoms. The summed E-state index contributed by atoms with van der Waals surface area (Å²) < 4.78 is 4.71. The van der Waals surface area contributed by atoms with Gasteiger partial charge in [-0.05, 0) is 0 Å². The largest absolute Gasteiger partial charge is 0.501 e. The Kier molecular flexibility index (Phi) is 4.59. The highest BCUT2D eigenvalue weighted by molar-refractivity contribution is 5.75. The van der Waals surface area contributed by atoms with E-state index in [-0.39, 0.29) is 5.91 Å². The number of hydrogen-bond acceptors (Lipinski definition) is 2. The van der Waals surface area contributed by atoms with E-state index in [9.17, 15) is 4.79 Å². The molecule has 0 aliphatic rings. The third-order valence-corrected chi connectivity index (χ3v) is 0.844. The molecule has 0 saturated heterocycles. The van der Waals surface area contributed by atoms with Gasteiger partial charge < -0.3 is 10.1 Å². The van der Waals surface area contributed by atoms with Crippen LogP contribution in [0.2, 0.25) is 0 Å². The normalized spacial score (nSPS) is 8.11. The number of amides is 1. The van der Waals surface area contributed by atoms with E-state index in [0.29, 0.717) is 13.0 Å². The van der Waals surface area contributed by atoms with Crippen LogP contribution in [0.1, 0.15) is 6.42 Å². The summed E-state index contributed by atoms with van der Waals surface area (Å²) in [6.07, 6.45) is 1.71. The minimum absolute atomic E-state index is 0.0168. The van der Waals surface area contributed by atoms with E-state index in [0.717, 1.165) is 0 Å². The van der Waals surface area contributed by atoms with Crippen LogP contribution >= 0.6 is 0 Å². The molecule has 3 nitrogen and oxygen atoms in total. The van der Waals surface area contributed by atoms with Crippen LogP contribution in [0.5, 0.6) is 0 Å². The van der Waals surface area contributed by atoms with Crippen LogP contribution in [0.4, 0.5) is 0 Å². The molecule has 0 aromatic rings. The molecule has 0 aliphatic heterocycles. The van der Waals surface area contributed by atoms with Crippen molar-refractivity contribution in [3.05, 3.63) is 12.8 Å². The van der Waals surface area contributed by atoms with Gasteiger partial charge in [-0.3, -0.25) is 4.79 Å². The highest BCUT2D eigenvalue weighted by Gasteiger charge is 1.93. The molecule has 3 heteroatoms. The van der Waals surface area contributed by atoms with E-state index in [4.69, 9.17) is 4.74 Å². The molecule has 0 heterocycles. The summed E-state index contributed by atoms with van der Waals surface area (Å²) >= 11 is 0. The first-order valence-corrected chi connectivity index (χ1v) is 2.74. The van der Waals surface area contributed by atoms with Crippen molar-refractivity contribution in [3.63, 3.8) is 0 Å². The van der Waals surface area contributed by atoms with Crippen molar-refractivity contribution in [2.75, 3.05) is 13.7 Å². The molecule has 0 unspecified atom stereocenters. The third-order valence-electron chi connectivity index (χ3n) is 0.844. The zero-order valence-electron chi connectivity index (χ0n) is 5.52. The predicted octanol–water partition coefficient (Wildman–Crippen LogP) is 0.283. The minimum atomic E-state index is -0.0168. The summed E-state index contributed by atoms with van der Waals surface area (Å²) in [5.74, 6) is -0.0168. The quantitative estimate of drug-likeness (QED) is 0.437. The van der Waals surface area contributed by atoms with Crippen molar-refractivity contribution in [2.45, 2.75) is 6.42 Å². The standard InChI is InChI=1S/C6H11NO2/c1-3-9-5-4-6(8)7-2/h3H,1,4-5H2,2H3,(H,7,8). The maximum Gasteiger partial charge on any atom is 0.223 e. The smallest absolute Gasteiger partial charge is 0.223 e. The average molecular weight is 129 g/mol. The average Bonchev–Trinajstić information content (AvgIpc) is 1.89. The van der Waals surface area contributed by atoms with Crippen LogP contribution in [0.25, 0.3) is 0 Å². The fraction of sp³-hybridized carbons (Fsp3) is 0.500. The van der Waals surface area contributed by atoms with Gasteiger partial charge in [0.15, 0.2) is 0 Å². The second-order valence-electron chi connectivity index (χ2n) is 1.46. The Morgan fingerprint density at radius 3 is 3.00 bits per heavy atom. The van der Waals surface area contributed by atoms with E-state index >= 15 is 0 Å². The van der Waals surface area contributed by atoms with E-state index in [1.165, 1.54) is 6.26 Å². The Morgan fingerprint density at radius 1 is 1.89 bits per heavy atom. The highest BCUT2D eigenvalue weighted by atomic mass is 16.5. The zero-order chi connectivity index (χ0) is 7.11. The molecular weight excluding hydrogens is 118 g/mol. The van der Waals surface area contributed by atoms with E-state index in [2.05, 4.69) is 11.9 Å². The molecule has 0 aromatic heterocycles. The lowest BCUT2D eigenvalue weighted by Gasteiger charge is -1.97. The minimum Gasteiger partial charge on any atom is -0.501 e. The van der Waals surface area contributed by atoms with Gasteiger partial charge >= 0.3 is 0 Å². The Bertz CT molecular complexity index is 101. The van der Waals surface area contributed by atoms with Crippen LogP contribution in [-0.2, 0) is 9.53 Å². The Balaban J connectivity index is 3.06. The van der Waals surface area contributed by atoms with Gasteiger partial charge in [0.05, 0.1) is 19.3 Å². The molecule has 1 N–H and O–H groups in total. The number of nitrogens with one attached hydrogen (secondary N) is 1. The van der Waals surface area contributed by atoms with Crippen LogP contribution < -0.4 is 5.32 Å². The van der Waals surface area contributed by atoms with Crippen LogP contribution in [0, 0.1) is 0 Å². The monoisotopic (exact) mass is 129 g/mol. The molecule has 0 atom stereocenters. The van der Waals surface area contributed by atoms with Crippen molar-refractivity contribution in [1.29, 1.82) is 0 Å². The van der Waals surface area contributed by atoms with Crippen LogP contribution in [-0.4, -0.2) is 19.6 Å². The summed E-state index contributed by atoms with van der Waals surface area (Å²) in [5, 5.41) is 2.47. The molecule has 9 heavy (non-hydrogen) atoms. The molecule has 52 valence electrons. The van der Waals surface area contributed by atoms with Crippen molar-refractivity contribution >= 4 is 5.91 Å². The number of hydrogen-bond donors (Lipinski definition) is 1. The Morgan fingerprint density at radius 2 is 2.56 bits per heavy atom. The Labute approximate surface area is 54.7 Å². The first-order chi connectivity index (χ1) is 4.31. The van der Waals surface area contributed by atoms with Gasteiger partial charge in [0, 0.05) is 7.05 Å². The van der Waals surface area contributed by atoms with E-state index < -0.39 is 0 Å². The third kappa shape index (κ3) is 4.87. The summed E-state index contributed by atoms with van der Waals surface area (Å²) in [6.45, 7) is 3.74. The molecule has 0 fully saturated rings. The second kappa shape index (κ2) is 5.15. The van der Waals surface area contributed by atoms with Gasteiger partial charge in [-0.15, -0.1) is 0 Å². The molecule has 0 aliphatic carbocycles. The lowest BCUT2D eigenvalue weighted by atomic mass is 10.4. The number of rotatable bonds is 4. The fourth-order valence-electron chi connectivity index (χ4n) is 0.360. The molecule has 0 bridgehead atoms. The highest BCUT2D eigenvalue weighted by Crippen LogP contribution is 1.80. The van der Waals surface area contributed by atoms with Gasteiger partial charge in [-0.2, -0.15) is 0 Å². The Hall–Kier alpha value is -0.990. The second-order valence-corrected chi connectivity index (χ2v) is 1.46. The van der Waals surface area contributed by atoms with Gasteiger partial charge in [-0.1, -0.05) is 6.58 Å². The predicted molar refractivity (Wildman–Crippen MR) is 34.8 cm³/mol. The van der Waals surface area contributed by atoms with Crippen LogP contribution in [0.3, 0.4) is 0 Å². The molecule has 0 aromatic carbocycles. The van der Waals surface area contributed by atoms with Crippen molar-refractivity contribution < 1.29 is 9.53 Å². The molecule has 0 saturated carbocycles. The van der Waals surface area contributed by atoms with Crippen molar-refractivity contribution in [1.82, 2.24) is 5.32 Å². The molecule has 1 amide bonds. The molecular formula is C6H11NO2. The van der Waals surface area contributed by atoms with Gasteiger partial charge in [0.2, 0.25) is 5.91 Å². The number of ether oxygens (including phenoxy) is 1. The summed E-state index contributed by atoms with van der Waals surface area (Å²) in [4.78, 5) is 10.5. The topological polar surface area (TPSA) is 38.3 Å². The van der Waals surface area contributed by atoms with E-state index in [1.54, 1.807) is 7.05 Å². The molecule has 0 rings (SSSR count). The maximum atomic E-state index is 10.5. The van der Waals surface area contributed by atoms with Crippen molar-refractivity contribution in [3.8, 4) is 0 Å². The molecule has 0 radical (unpaired) electrons. The number of carbonyl (C=O) groups is 1. The zero-order valence-corrected chi connectivity index (χ0v) is 5.52. The summed E-state index contributed by atoms with van der Waals surface area (Å²) in [5.41, 5.74) is 0. The van der Waals surface area contributed by atoms with Gasteiger partial charge in [0.1, 0.15) is 0 Å². The summed E-state index contributed by atoms with van der Waals surface area (Å²) in [6, 6.07) is 0.